The molecule has 1 unspecified atom stereocenters. The molecule has 0 amide bonds. The number of aryl methyl sites for hydroxylation is 1. The van der Waals surface area contributed by atoms with Gasteiger partial charge in [0, 0.05) is 4.88 Å². The number of furan rings is 1. The molecule has 0 aliphatic heterocycles. The summed E-state index contributed by atoms with van der Waals surface area (Å²) < 4.78 is 6.35. The van der Waals surface area contributed by atoms with Gasteiger partial charge in [-0.2, -0.15) is 0 Å². The van der Waals surface area contributed by atoms with Crippen LogP contribution in [0.3, 0.4) is 0 Å². The molecule has 0 saturated carbocycles. The van der Waals surface area contributed by atoms with Crippen LogP contribution in [0, 0.1) is 6.92 Å². The van der Waals surface area contributed by atoms with E-state index in [4.69, 9.17) is 16.0 Å². The van der Waals surface area contributed by atoms with E-state index < -0.39 is 0 Å². The average molecular weight is 270 g/mol. The Kier molecular flexibility index (Phi) is 4.26. The molecule has 0 saturated heterocycles. The lowest BCUT2D eigenvalue weighted by Gasteiger charge is -2.14. The smallest absolute Gasteiger partial charge is 0.126 e. The first-order valence-corrected chi connectivity index (χ1v) is 6.94. The molecule has 92 valence electrons. The van der Waals surface area contributed by atoms with Gasteiger partial charge in [-0.1, -0.05) is 18.5 Å². The predicted octanol–water partition coefficient (Wildman–Crippen LogP) is 4.39. The SMILES string of the molecule is CCCNC(c1ccco1)c1cc(C)c(Cl)s1. The van der Waals surface area contributed by atoms with E-state index in [-0.39, 0.29) is 6.04 Å². The highest BCUT2D eigenvalue weighted by Crippen LogP contribution is 2.34. The zero-order chi connectivity index (χ0) is 12.3. The lowest BCUT2D eigenvalue weighted by molar-refractivity contribution is 0.450. The Bertz CT molecular complexity index is 444. The molecule has 2 aromatic rings. The topological polar surface area (TPSA) is 25.2 Å². The van der Waals surface area contributed by atoms with Gasteiger partial charge in [0.25, 0.3) is 0 Å². The summed E-state index contributed by atoms with van der Waals surface area (Å²) in [7, 11) is 0. The Balaban J connectivity index is 2.26. The van der Waals surface area contributed by atoms with Crippen molar-refractivity contribution in [3.8, 4) is 0 Å². The molecule has 0 aliphatic carbocycles. The normalized spacial score (nSPS) is 12.9. The van der Waals surface area contributed by atoms with Crippen molar-refractivity contribution in [3.05, 3.63) is 45.0 Å². The van der Waals surface area contributed by atoms with Crippen molar-refractivity contribution < 1.29 is 4.42 Å². The molecule has 0 spiro atoms. The van der Waals surface area contributed by atoms with E-state index in [0.29, 0.717) is 0 Å². The molecule has 2 rings (SSSR count). The van der Waals surface area contributed by atoms with E-state index in [9.17, 15) is 0 Å². The highest BCUT2D eigenvalue weighted by atomic mass is 35.5. The standard InChI is InChI=1S/C13H16ClNOS/c1-3-6-15-12(10-5-4-7-16-10)11-8-9(2)13(14)17-11/h4-5,7-8,12,15H,3,6H2,1-2H3. The fourth-order valence-electron chi connectivity index (χ4n) is 1.71. The van der Waals surface area contributed by atoms with E-state index in [1.165, 1.54) is 4.88 Å². The van der Waals surface area contributed by atoms with Crippen LogP contribution in [0.4, 0.5) is 0 Å². The van der Waals surface area contributed by atoms with E-state index >= 15 is 0 Å². The maximum absolute atomic E-state index is 6.13. The molecule has 2 nitrogen and oxygen atoms in total. The number of nitrogens with one attached hydrogen (secondary N) is 1. The van der Waals surface area contributed by atoms with Gasteiger partial charge in [-0.3, -0.25) is 0 Å². The molecule has 0 aromatic carbocycles. The van der Waals surface area contributed by atoms with Gasteiger partial charge in [0.15, 0.2) is 0 Å². The molecule has 4 heteroatoms. The van der Waals surface area contributed by atoms with Crippen molar-refractivity contribution in [2.45, 2.75) is 26.3 Å². The molecular formula is C13H16ClNOS. The second kappa shape index (κ2) is 5.71. The largest absolute Gasteiger partial charge is 0.467 e. The summed E-state index contributed by atoms with van der Waals surface area (Å²) >= 11 is 7.74. The Labute approximate surface area is 111 Å². The highest BCUT2D eigenvalue weighted by molar-refractivity contribution is 7.16. The molecule has 0 radical (unpaired) electrons. The summed E-state index contributed by atoms with van der Waals surface area (Å²) in [6.45, 7) is 5.14. The third-order valence-corrected chi connectivity index (χ3v) is 4.21. The van der Waals surface area contributed by atoms with Crippen molar-refractivity contribution >= 4 is 22.9 Å². The van der Waals surface area contributed by atoms with Crippen molar-refractivity contribution in [1.29, 1.82) is 0 Å². The van der Waals surface area contributed by atoms with Crippen molar-refractivity contribution in [2.75, 3.05) is 6.54 Å². The van der Waals surface area contributed by atoms with Crippen LogP contribution in [0.1, 0.15) is 35.6 Å². The van der Waals surface area contributed by atoms with E-state index in [2.05, 4.69) is 18.3 Å². The Morgan fingerprint density at radius 2 is 2.35 bits per heavy atom. The van der Waals surface area contributed by atoms with Gasteiger partial charge in [-0.15, -0.1) is 11.3 Å². The van der Waals surface area contributed by atoms with Gasteiger partial charge in [-0.05, 0) is 43.7 Å². The molecular weight excluding hydrogens is 254 g/mol. The lowest BCUT2D eigenvalue weighted by Crippen LogP contribution is -2.21. The number of rotatable bonds is 5. The van der Waals surface area contributed by atoms with Crippen LogP contribution in [0.25, 0.3) is 0 Å². The van der Waals surface area contributed by atoms with Gasteiger partial charge < -0.3 is 9.73 Å². The number of halogens is 1. The van der Waals surface area contributed by atoms with Crippen molar-refractivity contribution in [2.24, 2.45) is 0 Å². The summed E-state index contributed by atoms with van der Waals surface area (Å²) in [6.07, 6.45) is 2.80. The first kappa shape index (κ1) is 12.7. The third kappa shape index (κ3) is 2.92. The van der Waals surface area contributed by atoms with Crippen LogP contribution in [0.5, 0.6) is 0 Å². The molecule has 2 heterocycles. The van der Waals surface area contributed by atoms with E-state index in [1.807, 2.05) is 19.1 Å². The van der Waals surface area contributed by atoms with Crippen molar-refractivity contribution in [1.82, 2.24) is 5.32 Å². The highest BCUT2D eigenvalue weighted by Gasteiger charge is 2.19. The fraction of sp³-hybridized carbons (Fsp3) is 0.385. The Morgan fingerprint density at radius 3 is 2.88 bits per heavy atom. The molecule has 0 fully saturated rings. The molecule has 0 aliphatic rings. The third-order valence-electron chi connectivity index (χ3n) is 2.59. The second-order valence-electron chi connectivity index (χ2n) is 4.01. The van der Waals surface area contributed by atoms with E-state index in [0.717, 1.165) is 28.6 Å². The van der Waals surface area contributed by atoms with Gasteiger partial charge in [0.05, 0.1) is 10.6 Å². The number of thiophene rings is 1. The minimum Gasteiger partial charge on any atom is -0.467 e. The van der Waals surface area contributed by atoms with Crippen LogP contribution in [-0.4, -0.2) is 6.54 Å². The number of hydrogen-bond acceptors (Lipinski definition) is 3. The maximum atomic E-state index is 6.13. The zero-order valence-corrected chi connectivity index (χ0v) is 11.6. The Morgan fingerprint density at radius 1 is 1.53 bits per heavy atom. The van der Waals surface area contributed by atoms with Gasteiger partial charge in [-0.25, -0.2) is 0 Å². The van der Waals surface area contributed by atoms with Crippen LogP contribution in [0.2, 0.25) is 4.34 Å². The summed E-state index contributed by atoms with van der Waals surface area (Å²) in [4.78, 5) is 1.20. The average Bonchev–Trinajstić information content (AvgIpc) is 2.92. The second-order valence-corrected chi connectivity index (χ2v) is 5.69. The van der Waals surface area contributed by atoms with Crippen LogP contribution in [0.15, 0.2) is 28.9 Å². The zero-order valence-electron chi connectivity index (χ0n) is 10.00. The molecule has 1 atom stereocenters. The van der Waals surface area contributed by atoms with Crippen LogP contribution >= 0.6 is 22.9 Å². The summed E-state index contributed by atoms with van der Waals surface area (Å²) in [5, 5.41) is 3.49. The molecule has 0 bridgehead atoms. The number of hydrogen-bond donors (Lipinski definition) is 1. The molecule has 2 aromatic heterocycles. The summed E-state index contributed by atoms with van der Waals surface area (Å²) in [5.74, 6) is 0.941. The monoisotopic (exact) mass is 269 g/mol. The predicted molar refractivity (Wildman–Crippen MR) is 72.9 cm³/mol. The van der Waals surface area contributed by atoms with Gasteiger partial charge in [0.2, 0.25) is 0 Å². The van der Waals surface area contributed by atoms with Crippen LogP contribution < -0.4 is 5.32 Å². The molecule has 1 N–H and O–H groups in total. The quantitative estimate of drug-likeness (QED) is 0.871. The fourth-order valence-corrected chi connectivity index (χ4v) is 3.01. The minimum atomic E-state index is 0.112. The lowest BCUT2D eigenvalue weighted by atomic mass is 10.1. The first-order valence-electron chi connectivity index (χ1n) is 5.75. The molecule has 17 heavy (non-hydrogen) atoms. The van der Waals surface area contributed by atoms with Gasteiger partial charge >= 0.3 is 0 Å². The van der Waals surface area contributed by atoms with Gasteiger partial charge in [0.1, 0.15) is 11.8 Å². The maximum Gasteiger partial charge on any atom is 0.126 e. The summed E-state index contributed by atoms with van der Waals surface area (Å²) in [6, 6.07) is 6.15. The first-order chi connectivity index (χ1) is 8.22. The summed E-state index contributed by atoms with van der Waals surface area (Å²) in [5.41, 5.74) is 1.13. The van der Waals surface area contributed by atoms with Crippen LogP contribution in [-0.2, 0) is 0 Å². The van der Waals surface area contributed by atoms with E-state index in [1.54, 1.807) is 17.6 Å². The Hall–Kier alpha value is -0.770. The minimum absolute atomic E-state index is 0.112. The van der Waals surface area contributed by atoms with Crippen molar-refractivity contribution in [3.63, 3.8) is 0 Å².